The number of hydrogen-bond acceptors (Lipinski definition) is 1. The third-order valence-corrected chi connectivity index (χ3v) is 6.79. The predicted octanol–water partition coefficient (Wildman–Crippen LogP) is 5.99. The summed E-state index contributed by atoms with van der Waals surface area (Å²) in [5.41, 5.74) is 9.64. The molecule has 1 aliphatic rings. The van der Waals surface area contributed by atoms with Gasteiger partial charge in [0.05, 0.1) is 5.69 Å². The summed E-state index contributed by atoms with van der Waals surface area (Å²) in [6.07, 6.45) is 2.03. The highest BCUT2D eigenvalue weighted by atomic mass is 79.9. The smallest absolute Gasteiger partial charge is 0.258 e. The molecule has 3 nitrogen and oxygen atoms in total. The Balaban J connectivity index is 1.86. The van der Waals surface area contributed by atoms with Crippen LogP contribution in [0.25, 0.3) is 17.3 Å². The van der Waals surface area contributed by atoms with E-state index in [1.807, 2.05) is 37.4 Å². The van der Waals surface area contributed by atoms with Crippen LogP contribution in [0.15, 0.2) is 46.9 Å². The van der Waals surface area contributed by atoms with Crippen molar-refractivity contribution in [2.45, 2.75) is 27.7 Å². The zero-order valence-electron chi connectivity index (χ0n) is 16.8. The summed E-state index contributed by atoms with van der Waals surface area (Å²) >= 11 is 3.65. The number of aryl methyl sites for hydroxylation is 3. The number of carbonyl (C=O) groups excluding carboxylic acids is 1. The molecule has 0 fully saturated rings. The van der Waals surface area contributed by atoms with Crippen molar-refractivity contribution in [2.75, 3.05) is 11.9 Å². The topological polar surface area (TPSA) is 25.2 Å². The molecule has 3 aromatic rings. The molecule has 0 N–H and O–H groups in total. The van der Waals surface area contributed by atoms with Gasteiger partial charge in [0.15, 0.2) is 0 Å². The molecule has 2 heterocycles. The molecule has 0 atom stereocenters. The van der Waals surface area contributed by atoms with Crippen LogP contribution in [0, 0.1) is 27.7 Å². The van der Waals surface area contributed by atoms with E-state index in [4.69, 9.17) is 0 Å². The number of para-hydroxylation sites is 1. The fourth-order valence-electron chi connectivity index (χ4n) is 4.08. The number of likely N-dealkylation sites (N-methyl/N-ethyl adjacent to an activating group) is 1. The van der Waals surface area contributed by atoms with E-state index in [1.54, 1.807) is 4.90 Å². The highest BCUT2D eigenvalue weighted by molar-refractivity contribution is 9.10. The monoisotopic (exact) mass is 434 g/mol. The Morgan fingerprint density at radius 2 is 1.61 bits per heavy atom. The molecular formula is C24H23BrN2O. The third-order valence-electron chi connectivity index (χ3n) is 5.54. The maximum atomic E-state index is 12.8. The van der Waals surface area contributed by atoms with Crippen molar-refractivity contribution in [3.63, 3.8) is 0 Å². The molecule has 142 valence electrons. The fourth-order valence-corrected chi connectivity index (χ4v) is 4.31. The van der Waals surface area contributed by atoms with Crippen molar-refractivity contribution >= 4 is 39.2 Å². The van der Waals surface area contributed by atoms with Crippen LogP contribution in [0.4, 0.5) is 5.69 Å². The molecule has 0 saturated heterocycles. The normalized spacial score (nSPS) is 14.9. The molecule has 4 rings (SSSR count). The van der Waals surface area contributed by atoms with E-state index in [0.717, 1.165) is 43.9 Å². The summed E-state index contributed by atoms with van der Waals surface area (Å²) in [5, 5.41) is 0. The number of halogens is 1. The Kier molecular flexibility index (Phi) is 4.54. The predicted molar refractivity (Wildman–Crippen MR) is 120 cm³/mol. The van der Waals surface area contributed by atoms with Crippen LogP contribution in [0.2, 0.25) is 0 Å². The van der Waals surface area contributed by atoms with Gasteiger partial charge in [-0.15, -0.1) is 0 Å². The van der Waals surface area contributed by atoms with Crippen LogP contribution in [0.3, 0.4) is 0 Å². The molecule has 0 unspecified atom stereocenters. The number of amides is 1. The van der Waals surface area contributed by atoms with Crippen molar-refractivity contribution in [3.05, 3.63) is 80.6 Å². The van der Waals surface area contributed by atoms with Crippen LogP contribution in [-0.4, -0.2) is 17.5 Å². The number of nitrogens with zero attached hydrogens (tertiary/aromatic N) is 2. The van der Waals surface area contributed by atoms with E-state index >= 15 is 0 Å². The van der Waals surface area contributed by atoms with Gasteiger partial charge >= 0.3 is 0 Å². The SMILES string of the molecule is Cc1cc(-n2c(C)cc(/C=C3/C(=O)N(C)c4ccccc43)c2C)cc(C)c1Br. The van der Waals surface area contributed by atoms with E-state index in [9.17, 15) is 4.79 Å². The zero-order valence-corrected chi connectivity index (χ0v) is 18.4. The maximum absolute atomic E-state index is 12.8. The van der Waals surface area contributed by atoms with Gasteiger partial charge in [-0.25, -0.2) is 0 Å². The van der Waals surface area contributed by atoms with Crippen molar-refractivity contribution in [1.29, 1.82) is 0 Å². The molecule has 1 aromatic heterocycles. The minimum Gasteiger partial charge on any atom is -0.318 e. The first-order chi connectivity index (χ1) is 13.3. The van der Waals surface area contributed by atoms with Crippen molar-refractivity contribution in [3.8, 4) is 5.69 Å². The number of rotatable bonds is 2. The second-order valence-electron chi connectivity index (χ2n) is 7.49. The number of carbonyl (C=O) groups is 1. The summed E-state index contributed by atoms with van der Waals surface area (Å²) in [7, 11) is 1.83. The highest BCUT2D eigenvalue weighted by Crippen LogP contribution is 2.37. The van der Waals surface area contributed by atoms with E-state index in [1.165, 1.54) is 11.1 Å². The van der Waals surface area contributed by atoms with Crippen molar-refractivity contribution < 1.29 is 4.79 Å². The minimum absolute atomic E-state index is 0.0429. The third kappa shape index (κ3) is 2.83. The number of benzene rings is 2. The Bertz CT molecular complexity index is 1130. The Morgan fingerprint density at radius 3 is 2.29 bits per heavy atom. The molecule has 1 aliphatic heterocycles. The number of fused-ring (bicyclic) bond motifs is 1. The minimum atomic E-state index is 0.0429. The van der Waals surface area contributed by atoms with Gasteiger partial charge in [-0.3, -0.25) is 4.79 Å². The first-order valence-corrected chi connectivity index (χ1v) is 10.1. The largest absolute Gasteiger partial charge is 0.318 e. The summed E-state index contributed by atoms with van der Waals surface area (Å²) in [4.78, 5) is 14.5. The summed E-state index contributed by atoms with van der Waals surface area (Å²) in [6.45, 7) is 8.45. The quantitative estimate of drug-likeness (QED) is 0.454. The van der Waals surface area contributed by atoms with E-state index in [0.29, 0.717) is 0 Å². The maximum Gasteiger partial charge on any atom is 0.258 e. The molecule has 0 saturated carbocycles. The average Bonchev–Trinajstić information content (AvgIpc) is 3.08. The Labute approximate surface area is 174 Å². The van der Waals surface area contributed by atoms with Crippen molar-refractivity contribution in [1.82, 2.24) is 4.57 Å². The van der Waals surface area contributed by atoms with Gasteiger partial charge in [0, 0.05) is 39.7 Å². The number of anilines is 1. The number of aromatic nitrogens is 1. The Morgan fingerprint density at radius 1 is 0.964 bits per heavy atom. The molecule has 1 amide bonds. The van der Waals surface area contributed by atoms with Gasteiger partial charge in [-0.2, -0.15) is 0 Å². The molecule has 28 heavy (non-hydrogen) atoms. The molecular weight excluding hydrogens is 412 g/mol. The van der Waals surface area contributed by atoms with Gasteiger partial charge in [0.1, 0.15) is 0 Å². The summed E-state index contributed by atoms with van der Waals surface area (Å²) in [5.74, 6) is 0.0429. The van der Waals surface area contributed by atoms with Gasteiger partial charge in [-0.1, -0.05) is 34.1 Å². The van der Waals surface area contributed by atoms with Gasteiger partial charge in [0.25, 0.3) is 5.91 Å². The highest BCUT2D eigenvalue weighted by Gasteiger charge is 2.29. The number of hydrogen-bond donors (Lipinski definition) is 0. The van der Waals surface area contributed by atoms with E-state index < -0.39 is 0 Å². The first kappa shape index (κ1) is 18.8. The van der Waals surface area contributed by atoms with Gasteiger partial charge in [-0.05, 0) is 74.7 Å². The second kappa shape index (κ2) is 6.78. The lowest BCUT2D eigenvalue weighted by Crippen LogP contribution is -2.20. The van der Waals surface area contributed by atoms with Crippen LogP contribution in [0.1, 0.15) is 33.6 Å². The van der Waals surface area contributed by atoms with Crippen LogP contribution < -0.4 is 4.90 Å². The summed E-state index contributed by atoms with van der Waals surface area (Å²) < 4.78 is 3.41. The van der Waals surface area contributed by atoms with Crippen LogP contribution in [-0.2, 0) is 4.79 Å². The van der Waals surface area contributed by atoms with Crippen molar-refractivity contribution in [2.24, 2.45) is 0 Å². The lowest BCUT2D eigenvalue weighted by atomic mass is 10.0. The van der Waals surface area contributed by atoms with Crippen LogP contribution >= 0.6 is 15.9 Å². The lowest BCUT2D eigenvalue weighted by molar-refractivity contribution is -0.112. The lowest BCUT2D eigenvalue weighted by Gasteiger charge is -2.13. The molecule has 0 spiro atoms. The van der Waals surface area contributed by atoms with Gasteiger partial charge < -0.3 is 9.47 Å². The van der Waals surface area contributed by atoms with Crippen LogP contribution in [0.5, 0.6) is 0 Å². The summed E-state index contributed by atoms with van der Waals surface area (Å²) in [6, 6.07) is 14.5. The van der Waals surface area contributed by atoms with Gasteiger partial charge in [0.2, 0.25) is 0 Å². The Hall–Kier alpha value is -2.59. The standard InChI is InChI=1S/C24H23BrN2O/c1-14-10-19(11-15(2)23(14)25)27-16(3)12-18(17(27)4)13-21-20-8-6-7-9-22(20)26(5)24(21)28/h6-13H,1-5H3/b21-13+. The molecule has 0 aliphatic carbocycles. The average molecular weight is 435 g/mol. The van der Waals surface area contributed by atoms with E-state index in [2.05, 4.69) is 66.4 Å². The second-order valence-corrected chi connectivity index (χ2v) is 8.29. The molecule has 4 heteroatoms. The molecule has 0 bridgehead atoms. The molecule has 2 aromatic carbocycles. The fraction of sp³-hybridized carbons (Fsp3) is 0.208. The molecule has 0 radical (unpaired) electrons. The first-order valence-electron chi connectivity index (χ1n) is 9.35. The zero-order chi connectivity index (χ0) is 20.2. The van der Waals surface area contributed by atoms with E-state index in [-0.39, 0.29) is 5.91 Å².